The molecular weight excluding hydrogens is 473 g/mol. The number of aromatic nitrogens is 2. The van der Waals surface area contributed by atoms with Crippen LogP contribution in [0.25, 0.3) is 0 Å². The number of carbonyl (C=O) groups is 1. The summed E-state index contributed by atoms with van der Waals surface area (Å²) in [6.07, 6.45) is -4.89. The molecule has 11 heteroatoms. The van der Waals surface area contributed by atoms with Crippen LogP contribution in [0.1, 0.15) is 40.1 Å². The molecule has 0 bridgehead atoms. The van der Waals surface area contributed by atoms with Crippen LogP contribution in [0, 0.1) is 6.92 Å². The van der Waals surface area contributed by atoms with Gasteiger partial charge in [-0.15, -0.1) is 0 Å². The molecule has 0 saturated heterocycles. The minimum Gasteiger partial charge on any atom is -0.493 e. The first-order chi connectivity index (χ1) is 16.1. The highest BCUT2D eigenvalue weighted by Crippen LogP contribution is 2.46. The molecule has 1 aromatic heterocycles. The maximum Gasteiger partial charge on any atom is 0.410 e. The van der Waals surface area contributed by atoms with E-state index >= 15 is 0 Å². The van der Waals surface area contributed by atoms with Gasteiger partial charge in [0.1, 0.15) is 10.8 Å². The van der Waals surface area contributed by atoms with Gasteiger partial charge in [0.05, 0.1) is 20.3 Å². The van der Waals surface area contributed by atoms with Crippen molar-refractivity contribution in [3.63, 3.8) is 0 Å². The number of nitrogens with zero attached hydrogens (tertiary/aromatic N) is 2. The van der Waals surface area contributed by atoms with E-state index in [9.17, 15) is 18.0 Å². The summed E-state index contributed by atoms with van der Waals surface area (Å²) in [4.78, 5) is 12.9. The van der Waals surface area contributed by atoms with E-state index in [-0.39, 0.29) is 23.0 Å². The molecule has 1 aliphatic rings. The van der Waals surface area contributed by atoms with Gasteiger partial charge < -0.3 is 20.1 Å². The van der Waals surface area contributed by atoms with Gasteiger partial charge in [0.2, 0.25) is 0 Å². The zero-order chi connectivity index (χ0) is 24.6. The van der Waals surface area contributed by atoms with Gasteiger partial charge in [0, 0.05) is 18.2 Å². The maximum atomic E-state index is 14.0. The van der Waals surface area contributed by atoms with Crippen LogP contribution in [-0.4, -0.2) is 36.1 Å². The average molecular weight is 495 g/mol. The Morgan fingerprint density at radius 3 is 2.44 bits per heavy atom. The molecule has 180 valence electrons. The third kappa shape index (κ3) is 4.50. The van der Waals surface area contributed by atoms with Crippen molar-refractivity contribution >= 4 is 29.0 Å². The highest BCUT2D eigenvalue weighted by Gasteiger charge is 2.47. The highest BCUT2D eigenvalue weighted by molar-refractivity contribution is 6.36. The number of fused-ring (bicyclic) bond motifs is 1. The summed E-state index contributed by atoms with van der Waals surface area (Å²) < 4.78 is 53.0. The lowest BCUT2D eigenvalue weighted by molar-refractivity contribution is -0.173. The number of alkyl halides is 3. The Morgan fingerprint density at radius 2 is 1.82 bits per heavy atom. The molecule has 0 saturated carbocycles. The van der Waals surface area contributed by atoms with Crippen molar-refractivity contribution in [1.82, 2.24) is 9.78 Å². The second kappa shape index (κ2) is 9.09. The minimum absolute atomic E-state index is 0.0571. The molecule has 0 unspecified atom stereocenters. The fourth-order valence-corrected chi connectivity index (χ4v) is 4.12. The molecule has 2 aromatic carbocycles. The van der Waals surface area contributed by atoms with Gasteiger partial charge in [-0.1, -0.05) is 41.4 Å². The Bertz CT molecular complexity index is 1210. The Hall–Kier alpha value is -3.40. The van der Waals surface area contributed by atoms with Gasteiger partial charge in [-0.25, -0.2) is 4.68 Å². The van der Waals surface area contributed by atoms with Crippen molar-refractivity contribution in [3.05, 3.63) is 64.3 Å². The second-order valence-electron chi connectivity index (χ2n) is 7.88. The fourth-order valence-electron chi connectivity index (χ4n) is 3.86. The zero-order valence-corrected chi connectivity index (χ0v) is 19.3. The van der Waals surface area contributed by atoms with Gasteiger partial charge in [0.25, 0.3) is 5.91 Å². The molecule has 1 aliphatic heterocycles. The number of halogens is 4. The van der Waals surface area contributed by atoms with Gasteiger partial charge in [-0.2, -0.15) is 18.3 Å². The number of anilines is 2. The summed E-state index contributed by atoms with van der Waals surface area (Å²) in [5, 5.41) is 9.38. The number of carbonyl (C=O) groups excluding carboxylic acids is 1. The van der Waals surface area contributed by atoms with Crippen LogP contribution >= 0.6 is 11.6 Å². The molecule has 2 heterocycles. The first-order valence-electron chi connectivity index (χ1n) is 10.3. The number of benzene rings is 2. The minimum atomic E-state index is -4.59. The van der Waals surface area contributed by atoms with E-state index in [2.05, 4.69) is 15.7 Å². The van der Waals surface area contributed by atoms with Crippen molar-refractivity contribution < 1.29 is 27.4 Å². The molecule has 0 spiro atoms. The smallest absolute Gasteiger partial charge is 0.410 e. The second-order valence-corrected chi connectivity index (χ2v) is 8.26. The van der Waals surface area contributed by atoms with E-state index in [0.717, 1.165) is 10.2 Å². The lowest BCUT2D eigenvalue weighted by Crippen LogP contribution is -2.35. The Kier molecular flexibility index (Phi) is 6.35. The number of ether oxygens (including phenoxy) is 2. The van der Waals surface area contributed by atoms with Crippen LogP contribution < -0.4 is 20.1 Å². The quantitative estimate of drug-likeness (QED) is 0.470. The molecular formula is C23H22ClF3N4O3. The van der Waals surface area contributed by atoms with Gasteiger partial charge in [-0.3, -0.25) is 4.79 Å². The molecule has 0 radical (unpaired) electrons. The largest absolute Gasteiger partial charge is 0.493 e. The van der Waals surface area contributed by atoms with E-state index in [1.807, 2.05) is 19.1 Å². The number of hydrogen-bond acceptors (Lipinski definition) is 5. The number of hydrogen-bond donors (Lipinski definition) is 2. The number of amides is 1. The SMILES string of the molecule is COc1ccc(NC(=O)c2nn3c(c2Cl)N[C@@H](c2ccc(C)cc2)C[C@H]3C(F)(F)F)cc1OC. The Morgan fingerprint density at radius 1 is 1.15 bits per heavy atom. The fraction of sp³-hybridized carbons (Fsp3) is 0.304. The maximum absolute atomic E-state index is 14.0. The van der Waals surface area contributed by atoms with E-state index in [0.29, 0.717) is 22.7 Å². The lowest BCUT2D eigenvalue weighted by Gasteiger charge is -2.33. The van der Waals surface area contributed by atoms with E-state index in [4.69, 9.17) is 21.1 Å². The van der Waals surface area contributed by atoms with Gasteiger partial charge >= 0.3 is 6.18 Å². The predicted octanol–water partition coefficient (Wildman–Crippen LogP) is 5.77. The Labute approximate surface area is 198 Å². The molecule has 4 rings (SSSR count). The summed E-state index contributed by atoms with van der Waals surface area (Å²) in [7, 11) is 2.91. The first-order valence-corrected chi connectivity index (χ1v) is 10.7. The van der Waals surface area contributed by atoms with Crippen LogP contribution in [0.4, 0.5) is 24.7 Å². The molecule has 7 nitrogen and oxygen atoms in total. The summed E-state index contributed by atoms with van der Waals surface area (Å²) in [6, 6.07) is 9.26. The summed E-state index contributed by atoms with van der Waals surface area (Å²) in [5.74, 6) is 0.0117. The monoisotopic (exact) mass is 494 g/mol. The van der Waals surface area contributed by atoms with Crippen molar-refractivity contribution in [3.8, 4) is 11.5 Å². The number of aryl methyl sites for hydroxylation is 1. The zero-order valence-electron chi connectivity index (χ0n) is 18.5. The van der Waals surface area contributed by atoms with Crippen LogP contribution in [0.3, 0.4) is 0 Å². The summed E-state index contributed by atoms with van der Waals surface area (Å²) in [6.45, 7) is 1.89. The highest BCUT2D eigenvalue weighted by atomic mass is 35.5. The standard InChI is InChI=1S/C23H22ClF3N4O3/c1-12-4-6-13(7-5-12)15-11-18(23(25,26)27)31-21(29-15)19(24)20(30-31)22(32)28-14-8-9-16(33-2)17(10-14)34-3/h4-10,15,18,29H,11H2,1-3H3,(H,28,32)/t15-,18+/m1/s1. The molecule has 2 atom stereocenters. The summed E-state index contributed by atoms with van der Waals surface area (Å²) >= 11 is 6.38. The predicted molar refractivity (Wildman–Crippen MR) is 122 cm³/mol. The van der Waals surface area contributed by atoms with E-state index in [1.165, 1.54) is 20.3 Å². The van der Waals surface area contributed by atoms with Crippen molar-refractivity contribution in [2.24, 2.45) is 0 Å². The average Bonchev–Trinajstić information content (AvgIpc) is 3.14. The third-order valence-corrected chi connectivity index (χ3v) is 5.99. The van der Waals surface area contributed by atoms with Crippen molar-refractivity contribution in [1.29, 1.82) is 0 Å². The number of nitrogens with one attached hydrogen (secondary N) is 2. The first kappa shape index (κ1) is 23.7. The molecule has 34 heavy (non-hydrogen) atoms. The topological polar surface area (TPSA) is 77.4 Å². The third-order valence-electron chi connectivity index (χ3n) is 5.63. The van der Waals surface area contributed by atoms with Crippen LogP contribution in [0.2, 0.25) is 5.02 Å². The Balaban J connectivity index is 1.67. The van der Waals surface area contributed by atoms with Crippen molar-refractivity contribution in [2.45, 2.75) is 31.6 Å². The van der Waals surface area contributed by atoms with E-state index < -0.39 is 24.2 Å². The van der Waals surface area contributed by atoms with Gasteiger partial charge in [-0.05, 0) is 24.6 Å². The van der Waals surface area contributed by atoms with Crippen LogP contribution in [0.5, 0.6) is 11.5 Å². The van der Waals surface area contributed by atoms with Crippen molar-refractivity contribution in [2.75, 3.05) is 24.9 Å². The molecule has 2 N–H and O–H groups in total. The molecule has 1 amide bonds. The summed E-state index contributed by atoms with van der Waals surface area (Å²) in [5.41, 5.74) is 1.68. The molecule has 3 aromatic rings. The molecule has 0 fully saturated rings. The number of rotatable bonds is 5. The lowest BCUT2D eigenvalue weighted by atomic mass is 9.96. The number of methoxy groups -OCH3 is 2. The normalized spacial score (nSPS) is 17.5. The van der Waals surface area contributed by atoms with E-state index in [1.54, 1.807) is 24.3 Å². The van der Waals surface area contributed by atoms with Crippen LogP contribution in [-0.2, 0) is 0 Å². The van der Waals surface area contributed by atoms with Crippen LogP contribution in [0.15, 0.2) is 42.5 Å². The molecule has 0 aliphatic carbocycles. The van der Waals surface area contributed by atoms with Gasteiger partial charge in [0.15, 0.2) is 23.2 Å².